The smallest absolute Gasteiger partial charge is 0.345 e. The van der Waals surface area contributed by atoms with Crippen LogP contribution in [0.25, 0.3) is 0 Å². The molecule has 0 aromatic heterocycles. The van der Waals surface area contributed by atoms with E-state index in [2.05, 4.69) is 11.8 Å². The first kappa shape index (κ1) is 25.7. The number of allylic oxidation sites excluding steroid dienone is 1. The Balaban J connectivity index is 1.59. The van der Waals surface area contributed by atoms with Gasteiger partial charge in [0.2, 0.25) is 0 Å². The summed E-state index contributed by atoms with van der Waals surface area (Å²) in [5.74, 6) is 4.61. The summed E-state index contributed by atoms with van der Waals surface area (Å²) >= 11 is 23.5. The van der Waals surface area contributed by atoms with Crippen LogP contribution in [0.15, 0.2) is 48.6 Å². The van der Waals surface area contributed by atoms with Crippen LogP contribution in [-0.2, 0) is 19.1 Å². The van der Waals surface area contributed by atoms with Crippen molar-refractivity contribution >= 4 is 58.3 Å². The van der Waals surface area contributed by atoms with E-state index in [1.165, 1.54) is 12.1 Å². The fourth-order valence-electron chi connectivity index (χ4n) is 2.03. The molecule has 168 valence electrons. The highest BCUT2D eigenvalue weighted by molar-refractivity contribution is 6.36. The molecule has 2 aromatic carbocycles. The zero-order chi connectivity index (χ0) is 23.3. The lowest BCUT2D eigenvalue weighted by molar-refractivity contribution is -0.144. The lowest BCUT2D eigenvalue weighted by Gasteiger charge is -2.08. The van der Waals surface area contributed by atoms with Crippen LogP contribution in [0.2, 0.25) is 20.1 Å². The minimum Gasteiger partial charge on any atom is -0.488 e. The predicted molar refractivity (Wildman–Crippen MR) is 123 cm³/mol. The van der Waals surface area contributed by atoms with Crippen LogP contribution in [0, 0.1) is 11.8 Å². The van der Waals surface area contributed by atoms with Crippen molar-refractivity contribution < 1.29 is 28.5 Å². The molecule has 0 fully saturated rings. The summed E-state index contributed by atoms with van der Waals surface area (Å²) in [6, 6.07) is 9.42. The van der Waals surface area contributed by atoms with Crippen molar-refractivity contribution in [3.05, 3.63) is 68.6 Å². The largest absolute Gasteiger partial charge is 0.488 e. The number of halogens is 4. The number of hydrogen-bond donors (Lipinski definition) is 0. The summed E-state index contributed by atoms with van der Waals surface area (Å²) in [5.41, 5.74) is 0. The molecule has 32 heavy (non-hydrogen) atoms. The van der Waals surface area contributed by atoms with Crippen molar-refractivity contribution in [3.8, 4) is 23.3 Å². The summed E-state index contributed by atoms with van der Waals surface area (Å²) in [6.07, 6.45) is 2.41. The summed E-state index contributed by atoms with van der Waals surface area (Å²) in [5, 5.41) is 1.58. The molecule has 2 aromatic rings. The Morgan fingerprint density at radius 2 is 1.47 bits per heavy atom. The monoisotopic (exact) mass is 516 g/mol. The first-order chi connectivity index (χ1) is 15.3. The lowest BCUT2D eigenvalue weighted by Crippen LogP contribution is -2.15. The van der Waals surface area contributed by atoms with Gasteiger partial charge in [0.15, 0.2) is 13.2 Å². The highest BCUT2D eigenvalue weighted by Gasteiger charge is 2.07. The average molecular weight is 518 g/mol. The van der Waals surface area contributed by atoms with Gasteiger partial charge in [-0.1, -0.05) is 58.2 Å². The fourth-order valence-corrected chi connectivity index (χ4v) is 2.96. The van der Waals surface area contributed by atoms with Crippen molar-refractivity contribution in [1.29, 1.82) is 0 Å². The maximum absolute atomic E-state index is 11.6. The second-order valence-corrected chi connectivity index (χ2v) is 7.46. The number of rotatable bonds is 9. The van der Waals surface area contributed by atoms with E-state index in [1.807, 2.05) is 0 Å². The van der Waals surface area contributed by atoms with E-state index in [9.17, 15) is 9.59 Å². The quantitative estimate of drug-likeness (QED) is 0.192. The minimum atomic E-state index is -0.630. The summed E-state index contributed by atoms with van der Waals surface area (Å²) in [6.45, 7) is -0.378. The Kier molecular flexibility index (Phi) is 11.1. The Labute approximate surface area is 204 Å². The predicted octanol–water partition coefficient (Wildman–Crippen LogP) is 5.40. The van der Waals surface area contributed by atoms with Gasteiger partial charge in [0.1, 0.15) is 24.7 Å². The maximum atomic E-state index is 11.6. The van der Waals surface area contributed by atoms with E-state index in [-0.39, 0.29) is 31.5 Å². The Morgan fingerprint density at radius 1 is 0.844 bits per heavy atom. The van der Waals surface area contributed by atoms with Gasteiger partial charge in [-0.3, -0.25) is 0 Å². The summed E-state index contributed by atoms with van der Waals surface area (Å²) in [7, 11) is 0. The highest BCUT2D eigenvalue weighted by Crippen LogP contribution is 2.28. The number of ether oxygens (including phenoxy) is 4. The molecule has 0 radical (unpaired) electrons. The van der Waals surface area contributed by atoms with E-state index >= 15 is 0 Å². The molecule has 0 aliphatic carbocycles. The van der Waals surface area contributed by atoms with Crippen LogP contribution in [0.3, 0.4) is 0 Å². The van der Waals surface area contributed by atoms with Gasteiger partial charge in [-0.2, -0.15) is 0 Å². The van der Waals surface area contributed by atoms with E-state index < -0.39 is 11.9 Å². The molecule has 10 heteroatoms. The highest BCUT2D eigenvalue weighted by atomic mass is 35.5. The number of hydrogen-bond acceptors (Lipinski definition) is 6. The van der Waals surface area contributed by atoms with E-state index in [0.717, 1.165) is 6.08 Å². The SMILES string of the molecule is O=C(C=CC#CCOC(=O)COc1ccc(Cl)cc1Cl)OCCOc1ccc(Cl)cc1Cl. The third-order valence-electron chi connectivity index (χ3n) is 3.43. The molecule has 0 saturated carbocycles. The molecule has 0 unspecified atom stereocenters. The Hall–Kier alpha value is -2.56. The molecule has 0 aliphatic rings. The second kappa shape index (κ2) is 13.8. The topological polar surface area (TPSA) is 71.1 Å². The van der Waals surface area contributed by atoms with Crippen molar-refractivity contribution in [2.24, 2.45) is 0 Å². The van der Waals surface area contributed by atoms with Crippen LogP contribution in [-0.4, -0.2) is 38.4 Å². The third kappa shape index (κ3) is 9.71. The van der Waals surface area contributed by atoms with Crippen LogP contribution in [0.4, 0.5) is 0 Å². The third-order valence-corrected chi connectivity index (χ3v) is 4.49. The van der Waals surface area contributed by atoms with Crippen molar-refractivity contribution in [3.63, 3.8) is 0 Å². The van der Waals surface area contributed by atoms with Crippen molar-refractivity contribution in [2.75, 3.05) is 26.4 Å². The standard InChI is InChI=1S/C22H16Cl4O6/c23-15-5-7-19(17(25)12-15)29-10-11-31-21(27)4-2-1-3-9-30-22(28)14-32-20-8-6-16(24)13-18(20)26/h2,4-8,12-13H,9-11,14H2. The zero-order valence-corrected chi connectivity index (χ0v) is 19.4. The molecule has 0 N–H and O–H groups in total. The van der Waals surface area contributed by atoms with Crippen LogP contribution >= 0.6 is 46.4 Å². The molecule has 0 saturated heterocycles. The number of carbonyl (C=O) groups is 2. The van der Waals surface area contributed by atoms with Gasteiger partial charge in [-0.25, -0.2) is 9.59 Å². The van der Waals surface area contributed by atoms with Gasteiger partial charge >= 0.3 is 11.9 Å². The number of benzene rings is 2. The normalized spacial score (nSPS) is 10.2. The van der Waals surface area contributed by atoms with Gasteiger partial charge in [-0.05, 0) is 42.5 Å². The molecule has 6 nitrogen and oxygen atoms in total. The van der Waals surface area contributed by atoms with Crippen molar-refractivity contribution in [1.82, 2.24) is 0 Å². The fraction of sp³-hybridized carbons (Fsp3) is 0.182. The second-order valence-electron chi connectivity index (χ2n) is 5.77. The van der Waals surface area contributed by atoms with Crippen LogP contribution < -0.4 is 9.47 Å². The molecule has 0 aliphatic heterocycles. The van der Waals surface area contributed by atoms with Gasteiger partial charge in [-0.15, -0.1) is 0 Å². The molecular formula is C22H16Cl4O6. The van der Waals surface area contributed by atoms with Gasteiger partial charge in [0.25, 0.3) is 0 Å². The van der Waals surface area contributed by atoms with E-state index in [0.29, 0.717) is 26.6 Å². The summed E-state index contributed by atoms with van der Waals surface area (Å²) in [4.78, 5) is 23.2. The number of esters is 2. The first-order valence-electron chi connectivity index (χ1n) is 8.98. The minimum absolute atomic E-state index is 0.0187. The number of carbonyl (C=O) groups excluding carboxylic acids is 2. The van der Waals surface area contributed by atoms with Crippen LogP contribution in [0.5, 0.6) is 11.5 Å². The molecule has 0 amide bonds. The molecule has 0 bridgehead atoms. The van der Waals surface area contributed by atoms with Crippen LogP contribution in [0.1, 0.15) is 0 Å². The van der Waals surface area contributed by atoms with Gasteiger partial charge in [0.05, 0.1) is 10.0 Å². The molecule has 0 spiro atoms. The molecule has 2 rings (SSSR count). The summed E-state index contributed by atoms with van der Waals surface area (Å²) < 4.78 is 20.5. The Morgan fingerprint density at radius 3 is 2.09 bits per heavy atom. The van der Waals surface area contributed by atoms with E-state index in [1.54, 1.807) is 30.3 Å². The molecule has 0 heterocycles. The molecule has 0 atom stereocenters. The lowest BCUT2D eigenvalue weighted by atomic mass is 10.3. The maximum Gasteiger partial charge on any atom is 0.345 e. The average Bonchev–Trinajstić information content (AvgIpc) is 2.74. The Bertz CT molecular complexity index is 1040. The first-order valence-corrected chi connectivity index (χ1v) is 10.5. The molecular weight excluding hydrogens is 502 g/mol. The van der Waals surface area contributed by atoms with E-state index in [4.69, 9.17) is 65.4 Å². The zero-order valence-electron chi connectivity index (χ0n) is 16.4. The van der Waals surface area contributed by atoms with Gasteiger partial charge in [0, 0.05) is 16.1 Å². The van der Waals surface area contributed by atoms with Gasteiger partial charge < -0.3 is 18.9 Å². The van der Waals surface area contributed by atoms with Crippen molar-refractivity contribution in [2.45, 2.75) is 0 Å².